The van der Waals surface area contributed by atoms with E-state index < -0.39 is 48.0 Å². The Labute approximate surface area is 496 Å². The van der Waals surface area contributed by atoms with Crippen molar-refractivity contribution < 1.29 is 57.3 Å². The largest absolute Gasteiger partial charge is 0.460 e. The van der Waals surface area contributed by atoms with Gasteiger partial charge in [-0.3, -0.25) is 0 Å². The van der Waals surface area contributed by atoms with Gasteiger partial charge in [-0.25, -0.2) is 38.4 Å². The zero-order valence-electron chi connectivity index (χ0n) is 50.6. The third kappa shape index (κ3) is 22.9. The van der Waals surface area contributed by atoms with Gasteiger partial charge in [0.2, 0.25) is 0 Å². The number of urea groups is 4. The van der Waals surface area contributed by atoms with Crippen molar-refractivity contribution in [2.75, 3.05) is 91.9 Å². The van der Waals surface area contributed by atoms with E-state index in [0.29, 0.717) is 65.4 Å². The van der Waals surface area contributed by atoms with Crippen LogP contribution in [0.4, 0.5) is 19.2 Å². The number of carbonyl (C=O) groups is 8. The van der Waals surface area contributed by atoms with Crippen LogP contribution in [0.5, 0.6) is 0 Å². The second-order valence-electron chi connectivity index (χ2n) is 18.7. The molecule has 20 heteroatoms. The van der Waals surface area contributed by atoms with Gasteiger partial charge < -0.3 is 59.0 Å². The first-order valence-electron chi connectivity index (χ1n) is 29.0. The van der Waals surface area contributed by atoms with Gasteiger partial charge in [-0.1, -0.05) is 121 Å². The third-order valence-corrected chi connectivity index (χ3v) is 13.7. The minimum atomic E-state index is -0.760. The number of nitrogens with zero attached hydrogens (tertiary/aromatic N) is 6. The maximum Gasteiger partial charge on any atom is 0.331 e. The molecule has 4 aromatic carbocycles. The molecule has 0 spiro atoms. The fraction of sp³-hybridized carbons (Fsp3) is 0.438. The maximum absolute atomic E-state index is 13.2. The minimum absolute atomic E-state index is 0.0852. The second kappa shape index (κ2) is 38.9. The molecule has 84 heavy (non-hydrogen) atoms. The van der Waals surface area contributed by atoms with E-state index in [1.165, 1.54) is 0 Å². The first-order valence-corrected chi connectivity index (χ1v) is 29.0. The van der Waals surface area contributed by atoms with Crippen LogP contribution in [-0.2, 0) is 38.1 Å². The normalized spacial score (nSPS) is 12.2. The quantitative estimate of drug-likeness (QED) is 0.0283. The van der Waals surface area contributed by atoms with Gasteiger partial charge in [-0.2, -0.15) is 0 Å². The van der Waals surface area contributed by atoms with Crippen molar-refractivity contribution in [3.63, 3.8) is 0 Å². The van der Waals surface area contributed by atoms with Gasteiger partial charge in [0.1, 0.15) is 26.4 Å². The SMILES string of the molecule is CCN(CC)C(=O)N(CC)[C@@H](COC(=O)/C=C/C(=O)OC[C@@H](c1ccccc1)N(CC)C(=O)N(CC)CC)c1ccccc1.CCN(CC)C(=O)N[C@@H](COC(=O)/C=C/C(=O)OC[C@H](NC(=O)N(CC)CC)c1ccccc1)c1ccccc1. The summed E-state index contributed by atoms with van der Waals surface area (Å²) < 4.78 is 21.7. The number of esters is 4. The third-order valence-electron chi connectivity index (χ3n) is 13.7. The van der Waals surface area contributed by atoms with E-state index in [0.717, 1.165) is 46.6 Å². The van der Waals surface area contributed by atoms with E-state index >= 15 is 0 Å². The molecule has 2 N–H and O–H groups in total. The maximum atomic E-state index is 13.2. The summed E-state index contributed by atoms with van der Waals surface area (Å²) in [7, 11) is 0. The highest BCUT2D eigenvalue weighted by Crippen LogP contribution is 2.25. The summed E-state index contributed by atoms with van der Waals surface area (Å²) in [5, 5.41) is 5.78. The number of amides is 8. The molecule has 4 rings (SSSR count). The highest BCUT2D eigenvalue weighted by atomic mass is 16.5. The lowest BCUT2D eigenvalue weighted by Crippen LogP contribution is -2.46. The van der Waals surface area contributed by atoms with Gasteiger partial charge in [0.15, 0.2) is 0 Å². The summed E-state index contributed by atoms with van der Waals surface area (Å²) in [6.07, 6.45) is 3.98. The van der Waals surface area contributed by atoms with Gasteiger partial charge in [0, 0.05) is 89.8 Å². The van der Waals surface area contributed by atoms with Crippen molar-refractivity contribution in [3.8, 4) is 0 Å². The average molecular weight is 1160 g/mol. The van der Waals surface area contributed by atoms with Crippen LogP contribution in [0.25, 0.3) is 0 Å². The number of nitrogens with one attached hydrogen (secondary N) is 2. The molecule has 0 saturated heterocycles. The van der Waals surface area contributed by atoms with Gasteiger partial charge in [0.05, 0.1) is 24.2 Å². The number of benzene rings is 4. The molecular weight excluding hydrogens is 1070 g/mol. The van der Waals surface area contributed by atoms with Gasteiger partial charge in [0.25, 0.3) is 0 Å². The Bertz CT molecular complexity index is 2490. The van der Waals surface area contributed by atoms with E-state index in [1.807, 2.05) is 191 Å². The van der Waals surface area contributed by atoms with Crippen molar-refractivity contribution in [3.05, 3.63) is 168 Å². The van der Waals surface area contributed by atoms with Crippen molar-refractivity contribution >= 4 is 48.0 Å². The Morgan fingerprint density at radius 2 is 0.571 bits per heavy atom. The zero-order valence-corrected chi connectivity index (χ0v) is 50.6. The molecule has 456 valence electrons. The zero-order chi connectivity index (χ0) is 61.8. The lowest BCUT2D eigenvalue weighted by atomic mass is 10.1. The van der Waals surface area contributed by atoms with E-state index in [2.05, 4.69) is 10.6 Å². The number of hydrogen-bond acceptors (Lipinski definition) is 12. The van der Waals surface area contributed by atoms with Crippen LogP contribution < -0.4 is 10.6 Å². The fourth-order valence-electron chi connectivity index (χ4n) is 8.85. The highest BCUT2D eigenvalue weighted by molar-refractivity contribution is 5.92. The Kier molecular flexibility index (Phi) is 32.2. The number of rotatable bonds is 30. The predicted octanol–water partition coefficient (Wildman–Crippen LogP) is 9.89. The number of hydrogen-bond donors (Lipinski definition) is 2. The summed E-state index contributed by atoms with van der Waals surface area (Å²) in [6.45, 7) is 23.8. The summed E-state index contributed by atoms with van der Waals surface area (Å²) in [4.78, 5) is 112. The molecule has 0 fully saturated rings. The van der Waals surface area contributed by atoms with Crippen LogP contribution in [0, 0.1) is 0 Å². The Hall–Kier alpha value is -8.68. The minimum Gasteiger partial charge on any atom is -0.460 e. The molecule has 4 aromatic rings. The molecule has 0 bridgehead atoms. The van der Waals surface area contributed by atoms with Crippen LogP contribution in [0.15, 0.2) is 146 Å². The molecule has 0 aliphatic rings. The van der Waals surface area contributed by atoms with E-state index in [1.54, 1.807) is 29.4 Å². The molecule has 0 aliphatic carbocycles. The Morgan fingerprint density at radius 3 is 0.810 bits per heavy atom. The van der Waals surface area contributed by atoms with Gasteiger partial charge in [-0.15, -0.1) is 0 Å². The predicted molar refractivity (Wildman–Crippen MR) is 323 cm³/mol. The summed E-state index contributed by atoms with van der Waals surface area (Å²) in [5.41, 5.74) is 3.21. The van der Waals surface area contributed by atoms with Crippen LogP contribution in [0.2, 0.25) is 0 Å². The second-order valence-corrected chi connectivity index (χ2v) is 18.7. The lowest BCUT2D eigenvalue weighted by Gasteiger charge is -2.34. The van der Waals surface area contributed by atoms with E-state index in [-0.39, 0.29) is 50.6 Å². The molecular formula is C64H88N8O12. The molecule has 0 unspecified atom stereocenters. The van der Waals surface area contributed by atoms with Crippen molar-refractivity contribution in [1.29, 1.82) is 0 Å². The first kappa shape index (κ1) is 69.6. The Balaban J connectivity index is 0.000000442. The summed E-state index contributed by atoms with van der Waals surface area (Å²) in [5.74, 6) is -2.99. The van der Waals surface area contributed by atoms with Crippen molar-refractivity contribution in [1.82, 2.24) is 40.0 Å². The molecule has 0 heterocycles. The van der Waals surface area contributed by atoms with Crippen LogP contribution in [-0.4, -0.2) is 169 Å². The topological polar surface area (TPSA) is 217 Å². The number of carbonyl (C=O) groups excluding carboxylic acids is 8. The van der Waals surface area contributed by atoms with Crippen LogP contribution in [0.3, 0.4) is 0 Å². The number of ether oxygens (including phenoxy) is 4. The van der Waals surface area contributed by atoms with Crippen molar-refractivity contribution in [2.24, 2.45) is 0 Å². The van der Waals surface area contributed by atoms with Gasteiger partial charge >= 0.3 is 48.0 Å². The smallest absolute Gasteiger partial charge is 0.331 e. The number of likely N-dealkylation sites (N-methyl/N-ethyl adjacent to an activating group) is 2. The molecule has 4 atom stereocenters. The van der Waals surface area contributed by atoms with Gasteiger partial charge in [-0.05, 0) is 91.5 Å². The van der Waals surface area contributed by atoms with Crippen molar-refractivity contribution in [2.45, 2.75) is 93.4 Å². The van der Waals surface area contributed by atoms with E-state index in [4.69, 9.17) is 18.9 Å². The standard InChI is InChI=1S/C34H48N4O6.C30H40N4O6/c1-7-35(8-2)33(41)37(11-5)29(27-19-15-13-16-20-27)25-43-31(39)23-24-32(40)44-26-30(28-21-17-14-18-22-28)38(12-6)34(42)36(9-3)10-4;1-5-33(6-2)29(37)31-25(23-15-11-9-12-16-23)21-39-27(35)19-20-28(36)40-22-26(24-17-13-10-14-18-24)32-30(38)34(7-3)8-4/h13-24,29-30H,7-12,25-26H2,1-6H3;9-20,25-26H,5-8,21-22H2,1-4H3,(H,31,37)(H,32,38)/b24-23+;20-19+/t29-,30-;25-,26-/m00/s1. The molecule has 0 aliphatic heterocycles. The first-order chi connectivity index (χ1) is 40.6. The molecule has 0 aromatic heterocycles. The van der Waals surface area contributed by atoms with E-state index in [9.17, 15) is 38.4 Å². The molecule has 8 amide bonds. The summed E-state index contributed by atoms with van der Waals surface area (Å²) >= 11 is 0. The summed E-state index contributed by atoms with van der Waals surface area (Å²) in [6, 6.07) is 34.1. The molecule has 0 radical (unpaired) electrons. The Morgan fingerprint density at radius 1 is 0.333 bits per heavy atom. The molecule has 20 nitrogen and oxygen atoms in total. The lowest BCUT2D eigenvalue weighted by molar-refractivity contribution is -0.142. The van der Waals surface area contributed by atoms with Crippen LogP contribution >= 0.6 is 0 Å². The van der Waals surface area contributed by atoms with Crippen LogP contribution in [0.1, 0.15) is 116 Å². The monoisotopic (exact) mass is 1160 g/mol. The fourth-order valence-corrected chi connectivity index (χ4v) is 8.85. The average Bonchev–Trinajstić information content (AvgIpc) is 3.73. The molecule has 0 saturated carbocycles. The highest BCUT2D eigenvalue weighted by Gasteiger charge is 2.30.